The molecule has 7 heteroatoms. The first-order valence-electron chi connectivity index (χ1n) is 23.6. The summed E-state index contributed by atoms with van der Waals surface area (Å²) in [6, 6.07) is 26.6. The van der Waals surface area contributed by atoms with E-state index in [0.29, 0.717) is 19.8 Å². The van der Waals surface area contributed by atoms with Crippen molar-refractivity contribution in [2.45, 2.75) is 149 Å². The van der Waals surface area contributed by atoms with Crippen LogP contribution in [0.15, 0.2) is 84.9 Å². The van der Waals surface area contributed by atoms with E-state index in [1.165, 1.54) is 96.1 Å². The molecule has 0 bridgehead atoms. The van der Waals surface area contributed by atoms with Crippen LogP contribution in [-0.4, -0.2) is 30.7 Å². The predicted molar refractivity (Wildman–Crippen MR) is 259 cm³/mol. The highest BCUT2D eigenvalue weighted by Gasteiger charge is 2.35. The Bertz CT molecular complexity index is 1870. The number of halogens is 2. The fraction of sp³-hybridized carbons (Fsp3) is 0.482. The fourth-order valence-corrected chi connectivity index (χ4v) is 7.88. The van der Waals surface area contributed by atoms with Crippen molar-refractivity contribution in [2.75, 3.05) is 25.6 Å². The van der Waals surface area contributed by atoms with Crippen molar-refractivity contribution in [3.05, 3.63) is 124 Å². The Morgan fingerprint density at radius 1 is 0.524 bits per heavy atom. The van der Waals surface area contributed by atoms with Crippen molar-refractivity contribution in [1.29, 1.82) is 0 Å². The Labute approximate surface area is 382 Å². The summed E-state index contributed by atoms with van der Waals surface area (Å²) >= 11 is 0.992. The summed E-state index contributed by atoms with van der Waals surface area (Å²) in [4.78, 5) is 11.3. The molecule has 338 valence electrons. The normalized spacial score (nSPS) is 11.0. The van der Waals surface area contributed by atoms with Gasteiger partial charge in [0.15, 0.2) is 5.12 Å². The molecule has 0 aromatic heterocycles. The number of hydrogen-bond acceptors (Lipinski definition) is 5. The zero-order chi connectivity index (χ0) is 45.0. The zero-order valence-electron chi connectivity index (χ0n) is 38.4. The van der Waals surface area contributed by atoms with Crippen LogP contribution in [0.1, 0.15) is 171 Å². The van der Waals surface area contributed by atoms with E-state index in [4.69, 9.17) is 14.2 Å². The first kappa shape index (κ1) is 50.9. The minimum absolute atomic E-state index is 0.111. The van der Waals surface area contributed by atoms with Gasteiger partial charge in [-0.25, -0.2) is 8.78 Å². The Morgan fingerprint density at radius 3 is 1.22 bits per heavy atom. The number of unbranched alkanes of at least 4 members (excludes halogenated alkanes) is 15. The Morgan fingerprint density at radius 2 is 0.873 bits per heavy atom. The summed E-state index contributed by atoms with van der Waals surface area (Å²) in [5, 5.41) is -0.111. The molecule has 0 spiro atoms. The van der Waals surface area contributed by atoms with Crippen LogP contribution in [0.2, 0.25) is 0 Å². The zero-order valence-corrected chi connectivity index (χ0v) is 39.3. The van der Waals surface area contributed by atoms with Crippen LogP contribution in [0.3, 0.4) is 0 Å². The number of ether oxygens (including phenoxy) is 3. The number of carbonyl (C=O) groups is 1. The molecule has 0 unspecified atom stereocenters. The quantitative estimate of drug-likeness (QED) is 0.0323. The minimum Gasteiger partial charge on any atom is -0.494 e. The molecule has 0 saturated heterocycles. The van der Waals surface area contributed by atoms with E-state index in [1.807, 2.05) is 72.8 Å². The van der Waals surface area contributed by atoms with E-state index in [2.05, 4.69) is 44.5 Å². The van der Waals surface area contributed by atoms with Crippen LogP contribution < -0.4 is 14.2 Å². The molecule has 0 amide bonds. The van der Waals surface area contributed by atoms with Gasteiger partial charge in [0.2, 0.25) is 0 Å². The second-order valence-electron chi connectivity index (χ2n) is 16.3. The molecule has 63 heavy (non-hydrogen) atoms. The Hall–Kier alpha value is -4.72. The molecule has 0 atom stereocenters. The summed E-state index contributed by atoms with van der Waals surface area (Å²) in [6.07, 6.45) is 21.3. The molecule has 0 fully saturated rings. The van der Waals surface area contributed by atoms with Crippen molar-refractivity contribution >= 4 is 16.9 Å². The van der Waals surface area contributed by atoms with Crippen molar-refractivity contribution in [2.24, 2.45) is 0 Å². The van der Waals surface area contributed by atoms with E-state index in [-0.39, 0.29) is 22.0 Å². The molecule has 4 aromatic rings. The maximum atomic E-state index is 15.5. The topological polar surface area (TPSA) is 44.8 Å². The van der Waals surface area contributed by atoms with Gasteiger partial charge in [-0.05, 0) is 84.5 Å². The molecule has 0 N–H and O–H groups in total. The summed E-state index contributed by atoms with van der Waals surface area (Å²) < 4.78 is 49.6. The maximum absolute atomic E-state index is 15.5. The van der Waals surface area contributed by atoms with Crippen LogP contribution in [-0.2, 0) is 10.2 Å². The fourth-order valence-electron chi connectivity index (χ4n) is 7.53. The Balaban J connectivity index is 1.73. The Kier molecular flexibility index (Phi) is 23.9. The van der Waals surface area contributed by atoms with Crippen LogP contribution >= 0.6 is 11.8 Å². The molecular formula is C56H70F2O4S. The average molecular weight is 877 g/mol. The van der Waals surface area contributed by atoms with Gasteiger partial charge in [-0.1, -0.05) is 189 Å². The first-order chi connectivity index (χ1) is 30.8. The standard InChI is InChI=1S/C56H70F2O4S/c1-5-8-11-14-17-20-39-60-50-31-25-47(26-32-50)56(48-27-33-51(34-28-48)61-40-21-18-15-12-9-6-2,49-29-35-52(36-30-49)62-41-22-19-16-13-10-7-3)38-37-46-43-54(57)53(55(58)44-46)24-23-42-63-45(4)59/h25-36,43-44H,5-22,39-42H2,1-4H3. The number of hydrogen-bond donors (Lipinski definition) is 0. The van der Waals surface area contributed by atoms with Gasteiger partial charge >= 0.3 is 0 Å². The van der Waals surface area contributed by atoms with Gasteiger partial charge in [-0.2, -0.15) is 0 Å². The lowest BCUT2D eigenvalue weighted by molar-refractivity contribution is -0.109. The first-order valence-corrected chi connectivity index (χ1v) is 24.6. The van der Waals surface area contributed by atoms with Crippen LogP contribution in [0.25, 0.3) is 0 Å². The maximum Gasteiger partial charge on any atom is 0.186 e. The molecule has 4 aromatic carbocycles. The number of thioether (sulfide) groups is 1. The molecular weight excluding hydrogens is 807 g/mol. The summed E-state index contributed by atoms with van der Waals surface area (Å²) in [6.45, 7) is 10.0. The van der Waals surface area contributed by atoms with E-state index in [9.17, 15) is 4.79 Å². The SMILES string of the molecule is CCCCCCCCOc1ccc(C(C#Cc2cc(F)c(C#CCSC(C)=O)c(F)c2)(c2ccc(OCCCCCCCC)cc2)c2ccc(OCCCCCCCC)cc2)cc1. The highest BCUT2D eigenvalue weighted by atomic mass is 32.2. The van der Waals surface area contributed by atoms with Crippen LogP contribution in [0, 0.1) is 35.3 Å². The number of benzene rings is 4. The van der Waals surface area contributed by atoms with Crippen molar-refractivity contribution in [3.8, 4) is 40.9 Å². The summed E-state index contributed by atoms with van der Waals surface area (Å²) in [5.74, 6) is 12.8. The van der Waals surface area contributed by atoms with E-state index in [0.717, 1.165) is 84.2 Å². The van der Waals surface area contributed by atoms with E-state index < -0.39 is 17.0 Å². The van der Waals surface area contributed by atoms with Gasteiger partial charge < -0.3 is 14.2 Å². The number of carbonyl (C=O) groups excluding carboxylic acids is 1. The van der Waals surface area contributed by atoms with Gasteiger partial charge in [0.05, 0.1) is 31.1 Å². The van der Waals surface area contributed by atoms with Crippen molar-refractivity contribution in [3.63, 3.8) is 0 Å². The smallest absolute Gasteiger partial charge is 0.186 e. The molecule has 0 aliphatic carbocycles. The molecule has 0 radical (unpaired) electrons. The van der Waals surface area contributed by atoms with Gasteiger partial charge in [0.1, 0.15) is 34.3 Å². The lowest BCUT2D eigenvalue weighted by Gasteiger charge is -2.31. The third-order valence-corrected chi connectivity index (χ3v) is 11.9. The van der Waals surface area contributed by atoms with Crippen molar-refractivity contribution in [1.82, 2.24) is 0 Å². The van der Waals surface area contributed by atoms with Gasteiger partial charge in [-0.15, -0.1) is 0 Å². The van der Waals surface area contributed by atoms with Crippen molar-refractivity contribution < 1.29 is 27.8 Å². The summed E-state index contributed by atoms with van der Waals surface area (Å²) in [5.41, 5.74) is 1.36. The van der Waals surface area contributed by atoms with Crippen LogP contribution in [0.4, 0.5) is 8.78 Å². The van der Waals surface area contributed by atoms with Gasteiger partial charge in [0.25, 0.3) is 0 Å². The third-order valence-electron chi connectivity index (χ3n) is 11.2. The lowest BCUT2D eigenvalue weighted by atomic mass is 9.69. The van der Waals surface area contributed by atoms with Gasteiger partial charge in [0, 0.05) is 12.5 Å². The average Bonchev–Trinajstić information content (AvgIpc) is 3.29. The lowest BCUT2D eigenvalue weighted by Crippen LogP contribution is -2.28. The third kappa shape index (κ3) is 17.8. The van der Waals surface area contributed by atoms with E-state index >= 15 is 8.78 Å². The van der Waals surface area contributed by atoms with E-state index in [1.54, 1.807) is 0 Å². The molecule has 0 aliphatic rings. The molecule has 4 nitrogen and oxygen atoms in total. The molecule has 0 saturated carbocycles. The minimum atomic E-state index is -1.08. The highest BCUT2D eigenvalue weighted by molar-refractivity contribution is 8.13. The van der Waals surface area contributed by atoms with Gasteiger partial charge in [-0.3, -0.25) is 4.79 Å². The largest absolute Gasteiger partial charge is 0.494 e. The molecule has 4 rings (SSSR count). The second kappa shape index (κ2) is 29.6. The predicted octanol–water partition coefficient (Wildman–Crippen LogP) is 15.2. The summed E-state index contributed by atoms with van der Waals surface area (Å²) in [7, 11) is 0. The molecule has 0 heterocycles. The highest BCUT2D eigenvalue weighted by Crippen LogP contribution is 2.41. The number of rotatable bonds is 28. The molecule has 0 aliphatic heterocycles. The second-order valence-corrected chi connectivity index (χ2v) is 17.5. The monoisotopic (exact) mass is 876 g/mol. The van der Waals surface area contributed by atoms with Crippen LogP contribution in [0.5, 0.6) is 17.2 Å².